The zero-order chi connectivity index (χ0) is 15.0. The van der Waals surface area contributed by atoms with Gasteiger partial charge in [-0.1, -0.05) is 6.08 Å². The van der Waals surface area contributed by atoms with Gasteiger partial charge < -0.3 is 14.4 Å². The lowest BCUT2D eigenvalue weighted by Crippen LogP contribution is -2.44. The molecular formula is C18H26ClNO2. The first kappa shape index (κ1) is 15.0. The Morgan fingerprint density at radius 2 is 2.00 bits per heavy atom. The molecule has 4 rings (SSSR count). The van der Waals surface area contributed by atoms with Gasteiger partial charge in [-0.25, -0.2) is 0 Å². The van der Waals surface area contributed by atoms with Gasteiger partial charge in [0.25, 0.3) is 0 Å². The predicted molar refractivity (Wildman–Crippen MR) is 88.0 cm³/mol. The first-order chi connectivity index (χ1) is 10.8. The quantitative estimate of drug-likeness (QED) is 0.727. The van der Waals surface area contributed by atoms with Crippen molar-refractivity contribution in [3.63, 3.8) is 0 Å². The number of hydrogen-bond acceptors (Lipinski definition) is 3. The lowest BCUT2D eigenvalue weighted by Gasteiger charge is -2.41. The number of hydrogen-bond donors (Lipinski definition) is 0. The van der Waals surface area contributed by atoms with E-state index in [1.54, 1.807) is 0 Å². The third-order valence-electron chi connectivity index (χ3n) is 5.97. The van der Waals surface area contributed by atoms with Crippen molar-refractivity contribution >= 4 is 11.6 Å². The van der Waals surface area contributed by atoms with Crippen molar-refractivity contribution in [2.75, 3.05) is 39.5 Å². The Morgan fingerprint density at radius 1 is 1.23 bits per heavy atom. The molecule has 0 saturated carbocycles. The van der Waals surface area contributed by atoms with Crippen LogP contribution in [0.15, 0.2) is 23.5 Å². The molecule has 1 unspecified atom stereocenters. The number of ether oxygens (including phenoxy) is 2. The highest BCUT2D eigenvalue weighted by Crippen LogP contribution is 2.49. The van der Waals surface area contributed by atoms with Crippen molar-refractivity contribution in [2.45, 2.75) is 37.5 Å². The van der Waals surface area contributed by atoms with Crippen LogP contribution >= 0.6 is 11.6 Å². The van der Waals surface area contributed by atoms with Crippen LogP contribution in [0.4, 0.5) is 0 Å². The molecular weight excluding hydrogens is 298 g/mol. The van der Waals surface area contributed by atoms with Crippen LogP contribution in [0.3, 0.4) is 0 Å². The van der Waals surface area contributed by atoms with Gasteiger partial charge in [0.1, 0.15) is 5.76 Å². The van der Waals surface area contributed by atoms with Gasteiger partial charge in [-0.15, -0.1) is 11.6 Å². The molecule has 1 atom stereocenters. The van der Waals surface area contributed by atoms with Crippen molar-refractivity contribution in [3.8, 4) is 0 Å². The van der Waals surface area contributed by atoms with Crippen LogP contribution in [-0.4, -0.2) is 49.7 Å². The first-order valence-electron chi connectivity index (χ1n) is 8.74. The summed E-state index contributed by atoms with van der Waals surface area (Å²) >= 11 is 6.34. The van der Waals surface area contributed by atoms with Crippen molar-refractivity contribution in [2.24, 2.45) is 11.3 Å². The molecule has 2 saturated heterocycles. The molecule has 1 aliphatic carbocycles. The molecule has 0 aromatic heterocycles. The molecule has 0 bridgehead atoms. The van der Waals surface area contributed by atoms with Gasteiger partial charge in [0.05, 0.1) is 12.0 Å². The van der Waals surface area contributed by atoms with Crippen LogP contribution < -0.4 is 0 Å². The van der Waals surface area contributed by atoms with E-state index in [2.05, 4.69) is 17.1 Å². The second kappa shape index (κ2) is 6.18. The monoisotopic (exact) mass is 323 g/mol. The summed E-state index contributed by atoms with van der Waals surface area (Å²) in [6, 6.07) is 0. The third-order valence-corrected chi connectivity index (χ3v) is 6.27. The summed E-state index contributed by atoms with van der Waals surface area (Å²) in [6.45, 7) is 6.44. The zero-order valence-electron chi connectivity index (χ0n) is 13.2. The molecule has 2 fully saturated rings. The van der Waals surface area contributed by atoms with E-state index >= 15 is 0 Å². The van der Waals surface area contributed by atoms with Gasteiger partial charge in [0, 0.05) is 25.2 Å². The van der Waals surface area contributed by atoms with Crippen molar-refractivity contribution in [1.29, 1.82) is 0 Å². The van der Waals surface area contributed by atoms with Gasteiger partial charge >= 0.3 is 0 Å². The number of likely N-dealkylation sites (tertiary alicyclic amines) is 1. The van der Waals surface area contributed by atoms with E-state index in [4.69, 9.17) is 21.1 Å². The Labute approximate surface area is 138 Å². The molecule has 1 spiro atoms. The number of fused-ring (bicyclic) bond motifs is 1. The standard InChI is InChI=1S/C18H26ClNO2/c19-15-1-2-17-16(11-15)18(13-22-17)5-7-20(8-6-18)12-14-3-9-21-10-4-14/h1-2,14-15H,3-13H2. The Bertz CT molecular complexity index is 473. The summed E-state index contributed by atoms with van der Waals surface area (Å²) in [5, 5.41) is 0.151. The van der Waals surface area contributed by atoms with E-state index in [1.807, 2.05) is 0 Å². The minimum Gasteiger partial charge on any atom is -0.493 e. The van der Waals surface area contributed by atoms with Gasteiger partial charge in [-0.05, 0) is 62.8 Å². The maximum atomic E-state index is 6.34. The fourth-order valence-corrected chi connectivity index (χ4v) is 4.70. The molecule has 122 valence electrons. The minimum atomic E-state index is 0.151. The van der Waals surface area contributed by atoms with Gasteiger partial charge in [0.15, 0.2) is 0 Å². The van der Waals surface area contributed by atoms with Crippen LogP contribution in [0, 0.1) is 11.3 Å². The maximum absolute atomic E-state index is 6.34. The number of nitrogens with zero attached hydrogens (tertiary/aromatic N) is 1. The molecule has 0 aromatic rings. The summed E-state index contributed by atoms with van der Waals surface area (Å²) in [4.78, 5) is 2.66. The molecule has 0 N–H and O–H groups in total. The van der Waals surface area contributed by atoms with Crippen LogP contribution in [-0.2, 0) is 9.47 Å². The lowest BCUT2D eigenvalue weighted by molar-refractivity contribution is 0.0354. The van der Waals surface area contributed by atoms with Crippen LogP contribution in [0.1, 0.15) is 32.1 Å². The number of halogens is 1. The molecule has 22 heavy (non-hydrogen) atoms. The van der Waals surface area contributed by atoms with Crippen LogP contribution in [0.25, 0.3) is 0 Å². The second-order valence-corrected chi connectivity index (χ2v) is 7.91. The van der Waals surface area contributed by atoms with E-state index in [-0.39, 0.29) is 10.8 Å². The molecule has 0 amide bonds. The Hall–Kier alpha value is -0.510. The average Bonchev–Trinajstić information content (AvgIpc) is 2.89. The average molecular weight is 324 g/mol. The highest BCUT2D eigenvalue weighted by Gasteiger charge is 2.45. The number of allylic oxidation sites excluding steroid dienone is 2. The molecule has 0 aromatic carbocycles. The minimum absolute atomic E-state index is 0.151. The Kier molecular flexibility index (Phi) is 4.23. The van der Waals surface area contributed by atoms with Gasteiger partial charge in [-0.2, -0.15) is 0 Å². The Morgan fingerprint density at radius 3 is 2.77 bits per heavy atom. The largest absolute Gasteiger partial charge is 0.493 e. The zero-order valence-corrected chi connectivity index (χ0v) is 14.0. The summed E-state index contributed by atoms with van der Waals surface area (Å²) in [5.41, 5.74) is 1.78. The maximum Gasteiger partial charge on any atom is 0.119 e. The smallest absolute Gasteiger partial charge is 0.119 e. The normalized spacial score (nSPS) is 32.3. The summed E-state index contributed by atoms with van der Waals surface area (Å²) in [6.07, 6.45) is 10.1. The molecule has 4 heteroatoms. The fourth-order valence-electron chi connectivity index (χ4n) is 4.48. The molecule has 4 aliphatic rings. The van der Waals surface area contributed by atoms with Crippen LogP contribution in [0.2, 0.25) is 0 Å². The van der Waals surface area contributed by atoms with E-state index in [0.29, 0.717) is 0 Å². The summed E-state index contributed by atoms with van der Waals surface area (Å²) in [5.74, 6) is 1.96. The number of alkyl halides is 1. The number of rotatable bonds is 2. The molecule has 3 aliphatic heterocycles. The number of piperidine rings is 1. The summed E-state index contributed by atoms with van der Waals surface area (Å²) in [7, 11) is 0. The van der Waals surface area contributed by atoms with Gasteiger partial charge in [0.2, 0.25) is 0 Å². The molecule has 3 nitrogen and oxygen atoms in total. The topological polar surface area (TPSA) is 21.7 Å². The molecule has 0 radical (unpaired) electrons. The van der Waals surface area contributed by atoms with E-state index in [9.17, 15) is 0 Å². The third kappa shape index (κ3) is 2.83. The van der Waals surface area contributed by atoms with Gasteiger partial charge in [-0.3, -0.25) is 0 Å². The Balaban J connectivity index is 1.37. The highest BCUT2D eigenvalue weighted by atomic mass is 35.5. The van der Waals surface area contributed by atoms with E-state index in [1.165, 1.54) is 50.9 Å². The summed E-state index contributed by atoms with van der Waals surface area (Å²) < 4.78 is 11.5. The second-order valence-electron chi connectivity index (χ2n) is 7.35. The van der Waals surface area contributed by atoms with E-state index in [0.717, 1.165) is 37.9 Å². The van der Waals surface area contributed by atoms with Crippen molar-refractivity contribution < 1.29 is 9.47 Å². The first-order valence-corrected chi connectivity index (χ1v) is 9.18. The van der Waals surface area contributed by atoms with Crippen LogP contribution in [0.5, 0.6) is 0 Å². The highest BCUT2D eigenvalue weighted by molar-refractivity contribution is 6.22. The fraction of sp³-hybridized carbons (Fsp3) is 0.778. The predicted octanol–water partition coefficient (Wildman–Crippen LogP) is 3.35. The molecule has 3 heterocycles. The lowest BCUT2D eigenvalue weighted by atomic mass is 9.71. The SMILES string of the molecule is ClC1C=CC2=C(C1)C1(CCN(CC3CCOCC3)CC1)CO2. The van der Waals surface area contributed by atoms with Crippen molar-refractivity contribution in [1.82, 2.24) is 4.90 Å². The van der Waals surface area contributed by atoms with E-state index < -0.39 is 0 Å². The van der Waals surface area contributed by atoms with Crippen molar-refractivity contribution in [3.05, 3.63) is 23.5 Å².